The minimum Gasteiger partial charge on any atom is -0.381 e. The highest BCUT2D eigenvalue weighted by molar-refractivity contribution is 5.73. The molecule has 0 radical (unpaired) electrons. The Morgan fingerprint density at radius 3 is 2.67 bits per heavy atom. The van der Waals surface area contributed by atoms with Crippen molar-refractivity contribution in [2.24, 2.45) is 0 Å². The molecule has 2 saturated heterocycles. The maximum Gasteiger partial charge on any atom is 0.319 e. The van der Waals surface area contributed by atoms with Crippen molar-refractivity contribution in [2.75, 3.05) is 40.4 Å². The molecule has 1 N–H and O–H groups in total. The third-order valence-corrected chi connectivity index (χ3v) is 4.35. The summed E-state index contributed by atoms with van der Waals surface area (Å²) in [5.74, 6) is 2.56. The lowest BCUT2D eigenvalue weighted by Gasteiger charge is -2.32. The van der Waals surface area contributed by atoms with Crippen molar-refractivity contribution in [3.63, 3.8) is 0 Å². The number of nitrogens with zero attached hydrogens (tertiary/aromatic N) is 4. The number of aromatic nitrogens is 3. The van der Waals surface area contributed by atoms with Gasteiger partial charge in [0.25, 0.3) is 0 Å². The Morgan fingerprint density at radius 2 is 2.05 bits per heavy atom. The smallest absolute Gasteiger partial charge is 0.319 e. The number of piperidine rings is 1. The number of amides is 2. The van der Waals surface area contributed by atoms with E-state index in [1.54, 1.807) is 19.0 Å². The Balaban J connectivity index is 1.58. The van der Waals surface area contributed by atoms with Gasteiger partial charge in [-0.25, -0.2) is 9.78 Å². The standard InChI is InChI=1S/C14H23N5O2/c1-18(2)14(20)19-6-3-10(4-7-19)12-15-13(17-16-12)11-5-8-21-9-11/h10-11H,3-9H2,1-2H3,(H,15,16,17). The predicted molar refractivity (Wildman–Crippen MR) is 77.2 cm³/mol. The van der Waals surface area contributed by atoms with Crippen molar-refractivity contribution in [1.29, 1.82) is 0 Å². The minimum absolute atomic E-state index is 0.0924. The third kappa shape index (κ3) is 3.02. The maximum absolute atomic E-state index is 11.9. The molecule has 0 aliphatic carbocycles. The number of hydrogen-bond donors (Lipinski definition) is 1. The van der Waals surface area contributed by atoms with Gasteiger partial charge in [0.15, 0.2) is 5.82 Å². The SMILES string of the molecule is CN(C)C(=O)N1CCC(c2nc(C3CCOC3)n[nH]2)CC1. The van der Waals surface area contributed by atoms with Crippen LogP contribution in [0.2, 0.25) is 0 Å². The van der Waals surface area contributed by atoms with Crippen LogP contribution in [0, 0.1) is 0 Å². The molecule has 2 amide bonds. The average Bonchev–Trinajstić information content (AvgIpc) is 3.17. The van der Waals surface area contributed by atoms with Gasteiger partial charge in [0.2, 0.25) is 0 Å². The molecule has 2 fully saturated rings. The summed E-state index contributed by atoms with van der Waals surface area (Å²) in [6.07, 6.45) is 2.89. The molecule has 0 saturated carbocycles. The molecule has 1 atom stereocenters. The molecule has 3 heterocycles. The summed E-state index contributed by atoms with van der Waals surface area (Å²) in [6, 6.07) is 0.0924. The van der Waals surface area contributed by atoms with Gasteiger partial charge in [-0.3, -0.25) is 5.10 Å². The molecule has 116 valence electrons. The monoisotopic (exact) mass is 293 g/mol. The van der Waals surface area contributed by atoms with E-state index in [-0.39, 0.29) is 6.03 Å². The number of likely N-dealkylation sites (tertiary alicyclic amines) is 1. The quantitative estimate of drug-likeness (QED) is 0.888. The lowest BCUT2D eigenvalue weighted by molar-refractivity contribution is 0.155. The number of H-pyrrole nitrogens is 1. The van der Waals surface area contributed by atoms with Crippen LogP contribution in [0.15, 0.2) is 0 Å². The van der Waals surface area contributed by atoms with Crippen LogP contribution in [-0.2, 0) is 4.74 Å². The molecule has 21 heavy (non-hydrogen) atoms. The second-order valence-corrected chi connectivity index (χ2v) is 6.08. The van der Waals surface area contributed by atoms with Crippen molar-refractivity contribution < 1.29 is 9.53 Å². The fourth-order valence-corrected chi connectivity index (χ4v) is 3.02. The van der Waals surface area contributed by atoms with Crippen molar-refractivity contribution in [3.8, 4) is 0 Å². The van der Waals surface area contributed by atoms with Crippen LogP contribution in [0.1, 0.15) is 42.7 Å². The van der Waals surface area contributed by atoms with Crippen molar-refractivity contribution in [3.05, 3.63) is 11.6 Å². The summed E-state index contributed by atoms with van der Waals surface area (Å²) in [6.45, 7) is 3.10. The molecule has 7 heteroatoms. The van der Waals surface area contributed by atoms with Crippen molar-refractivity contribution >= 4 is 6.03 Å². The van der Waals surface area contributed by atoms with Gasteiger partial charge in [-0.1, -0.05) is 0 Å². The van der Waals surface area contributed by atoms with E-state index >= 15 is 0 Å². The van der Waals surface area contributed by atoms with E-state index in [0.717, 1.165) is 57.2 Å². The highest BCUT2D eigenvalue weighted by Gasteiger charge is 2.28. The number of nitrogens with one attached hydrogen (secondary N) is 1. The number of carbonyl (C=O) groups excluding carboxylic acids is 1. The molecule has 1 aromatic rings. The van der Waals surface area contributed by atoms with Crippen LogP contribution < -0.4 is 0 Å². The molecule has 1 aromatic heterocycles. The number of carbonyl (C=O) groups is 1. The molecule has 7 nitrogen and oxygen atoms in total. The number of aromatic amines is 1. The Labute approximate surface area is 124 Å². The second-order valence-electron chi connectivity index (χ2n) is 6.08. The first kappa shape index (κ1) is 14.3. The van der Waals surface area contributed by atoms with Crippen LogP contribution in [-0.4, -0.2) is 71.4 Å². The summed E-state index contributed by atoms with van der Waals surface area (Å²) in [5, 5.41) is 7.44. The summed E-state index contributed by atoms with van der Waals surface area (Å²) < 4.78 is 5.39. The lowest BCUT2D eigenvalue weighted by atomic mass is 9.96. The summed E-state index contributed by atoms with van der Waals surface area (Å²) in [4.78, 5) is 20.1. The summed E-state index contributed by atoms with van der Waals surface area (Å²) in [7, 11) is 3.58. The van der Waals surface area contributed by atoms with E-state index in [1.807, 2.05) is 4.90 Å². The van der Waals surface area contributed by atoms with Gasteiger partial charge in [-0.05, 0) is 19.3 Å². The zero-order valence-corrected chi connectivity index (χ0v) is 12.7. The zero-order chi connectivity index (χ0) is 14.8. The lowest BCUT2D eigenvalue weighted by Crippen LogP contribution is -2.43. The third-order valence-electron chi connectivity index (χ3n) is 4.35. The summed E-state index contributed by atoms with van der Waals surface area (Å²) in [5.41, 5.74) is 0. The molecule has 1 unspecified atom stereocenters. The van der Waals surface area contributed by atoms with Crippen molar-refractivity contribution in [2.45, 2.75) is 31.1 Å². The molecule has 0 bridgehead atoms. The van der Waals surface area contributed by atoms with E-state index < -0.39 is 0 Å². The maximum atomic E-state index is 11.9. The van der Waals surface area contributed by atoms with Crippen LogP contribution in [0.3, 0.4) is 0 Å². The molecule has 2 aliphatic rings. The van der Waals surface area contributed by atoms with E-state index in [4.69, 9.17) is 4.74 Å². The first-order valence-electron chi connectivity index (χ1n) is 7.61. The Bertz CT molecular complexity index is 487. The number of rotatable bonds is 2. The van der Waals surface area contributed by atoms with Gasteiger partial charge >= 0.3 is 6.03 Å². The Hall–Kier alpha value is -1.63. The van der Waals surface area contributed by atoms with Crippen LogP contribution in [0.5, 0.6) is 0 Å². The van der Waals surface area contributed by atoms with E-state index in [9.17, 15) is 4.79 Å². The topological polar surface area (TPSA) is 74.3 Å². The Morgan fingerprint density at radius 1 is 1.29 bits per heavy atom. The normalized spacial score (nSPS) is 23.5. The summed E-state index contributed by atoms with van der Waals surface area (Å²) >= 11 is 0. The molecule has 0 aromatic carbocycles. The zero-order valence-electron chi connectivity index (χ0n) is 12.7. The van der Waals surface area contributed by atoms with E-state index in [0.29, 0.717) is 11.8 Å². The van der Waals surface area contributed by atoms with Crippen LogP contribution in [0.4, 0.5) is 4.79 Å². The van der Waals surface area contributed by atoms with Crippen LogP contribution in [0.25, 0.3) is 0 Å². The number of hydrogen-bond acceptors (Lipinski definition) is 4. The number of ether oxygens (including phenoxy) is 1. The van der Waals surface area contributed by atoms with Gasteiger partial charge in [0.1, 0.15) is 5.82 Å². The largest absolute Gasteiger partial charge is 0.381 e. The van der Waals surface area contributed by atoms with Gasteiger partial charge in [-0.15, -0.1) is 0 Å². The molecule has 0 spiro atoms. The minimum atomic E-state index is 0.0924. The highest BCUT2D eigenvalue weighted by atomic mass is 16.5. The molecular formula is C14H23N5O2. The van der Waals surface area contributed by atoms with E-state index in [1.165, 1.54) is 0 Å². The predicted octanol–water partition coefficient (Wildman–Crippen LogP) is 1.17. The van der Waals surface area contributed by atoms with Gasteiger partial charge in [0.05, 0.1) is 6.61 Å². The van der Waals surface area contributed by atoms with Crippen LogP contribution >= 0.6 is 0 Å². The fraction of sp³-hybridized carbons (Fsp3) is 0.786. The average molecular weight is 293 g/mol. The van der Waals surface area contributed by atoms with Gasteiger partial charge in [0, 0.05) is 45.6 Å². The highest BCUT2D eigenvalue weighted by Crippen LogP contribution is 2.28. The fourth-order valence-electron chi connectivity index (χ4n) is 3.02. The second kappa shape index (κ2) is 6.01. The van der Waals surface area contributed by atoms with Gasteiger partial charge < -0.3 is 14.5 Å². The molecular weight excluding hydrogens is 270 g/mol. The number of urea groups is 1. The molecule has 3 rings (SSSR count). The first-order valence-corrected chi connectivity index (χ1v) is 7.61. The Kier molecular flexibility index (Phi) is 4.10. The van der Waals surface area contributed by atoms with Gasteiger partial charge in [-0.2, -0.15) is 5.10 Å². The van der Waals surface area contributed by atoms with Crippen molar-refractivity contribution in [1.82, 2.24) is 25.0 Å². The molecule has 2 aliphatic heterocycles. The first-order chi connectivity index (χ1) is 10.1. The van der Waals surface area contributed by atoms with E-state index in [2.05, 4.69) is 15.2 Å².